The Morgan fingerprint density at radius 1 is 1.06 bits per heavy atom. The van der Waals surface area contributed by atoms with Crippen molar-refractivity contribution in [3.63, 3.8) is 0 Å². The molecule has 32 heavy (non-hydrogen) atoms. The fourth-order valence-corrected chi connectivity index (χ4v) is 4.28. The van der Waals surface area contributed by atoms with Gasteiger partial charge in [0.1, 0.15) is 18.4 Å². The van der Waals surface area contributed by atoms with E-state index >= 15 is 0 Å². The normalized spacial score (nSPS) is 12.2. The molecule has 0 aliphatic rings. The van der Waals surface area contributed by atoms with Crippen molar-refractivity contribution in [3.05, 3.63) is 65.5 Å². The quantitative estimate of drug-likeness (QED) is 0.587. The molecule has 0 spiro atoms. The second-order valence-corrected chi connectivity index (χ2v) is 9.39. The lowest BCUT2D eigenvalue weighted by Crippen LogP contribution is -2.52. The molecular formula is C23H30FN3O4S. The van der Waals surface area contributed by atoms with Gasteiger partial charge in [-0.3, -0.25) is 13.9 Å². The molecule has 2 rings (SSSR count). The van der Waals surface area contributed by atoms with Crippen molar-refractivity contribution in [2.24, 2.45) is 0 Å². The number of anilines is 1. The second kappa shape index (κ2) is 11.1. The first-order chi connectivity index (χ1) is 15.1. The topological polar surface area (TPSA) is 86.8 Å². The highest BCUT2D eigenvalue weighted by Crippen LogP contribution is 2.23. The molecule has 1 N–H and O–H groups in total. The first kappa shape index (κ1) is 25.3. The van der Waals surface area contributed by atoms with Gasteiger partial charge in [-0.25, -0.2) is 12.8 Å². The summed E-state index contributed by atoms with van der Waals surface area (Å²) in [7, 11) is -3.97. The van der Waals surface area contributed by atoms with Gasteiger partial charge in [-0.15, -0.1) is 0 Å². The molecule has 2 aromatic rings. The maximum absolute atomic E-state index is 14.4. The predicted molar refractivity (Wildman–Crippen MR) is 123 cm³/mol. The van der Waals surface area contributed by atoms with E-state index < -0.39 is 34.3 Å². The fraction of sp³-hybridized carbons (Fsp3) is 0.391. The third kappa shape index (κ3) is 6.29. The molecule has 0 radical (unpaired) electrons. The number of hydrogen-bond donors (Lipinski definition) is 1. The number of carbonyl (C=O) groups is 2. The summed E-state index contributed by atoms with van der Waals surface area (Å²) in [6.45, 7) is 5.35. The summed E-state index contributed by atoms with van der Waals surface area (Å²) in [4.78, 5) is 27.5. The Kier molecular flexibility index (Phi) is 8.77. The standard InChI is InChI=1S/C23H30FN3O4S/c1-5-20(23(29)25-6-2)26(15-18-12-8-7-11-17(18)3)22(28)16-27(32(4,30)31)21-14-10-9-13-19(21)24/h7-14,20H,5-6,15-16H2,1-4H3,(H,25,29)/t20-/m0/s1. The van der Waals surface area contributed by atoms with Gasteiger partial charge in [-0.1, -0.05) is 43.3 Å². The summed E-state index contributed by atoms with van der Waals surface area (Å²) >= 11 is 0. The molecule has 0 aliphatic carbocycles. The van der Waals surface area contributed by atoms with Crippen molar-refractivity contribution in [2.45, 2.75) is 39.8 Å². The minimum Gasteiger partial charge on any atom is -0.355 e. The van der Waals surface area contributed by atoms with Gasteiger partial charge in [0.2, 0.25) is 21.8 Å². The average Bonchev–Trinajstić information content (AvgIpc) is 2.73. The number of carbonyl (C=O) groups excluding carboxylic acids is 2. The van der Waals surface area contributed by atoms with Gasteiger partial charge in [0.15, 0.2) is 0 Å². The summed E-state index contributed by atoms with van der Waals surface area (Å²) in [6, 6.07) is 12.0. The maximum atomic E-state index is 14.4. The highest BCUT2D eigenvalue weighted by atomic mass is 32.2. The molecule has 1 atom stereocenters. The zero-order chi connectivity index (χ0) is 23.9. The average molecular weight is 464 g/mol. The molecule has 0 aliphatic heterocycles. The van der Waals surface area contributed by atoms with Gasteiger partial charge < -0.3 is 10.2 Å². The van der Waals surface area contributed by atoms with E-state index in [2.05, 4.69) is 5.32 Å². The van der Waals surface area contributed by atoms with Gasteiger partial charge in [-0.2, -0.15) is 0 Å². The lowest BCUT2D eigenvalue weighted by Gasteiger charge is -2.33. The van der Waals surface area contributed by atoms with Crippen molar-refractivity contribution < 1.29 is 22.4 Å². The Bertz CT molecular complexity index is 1060. The van der Waals surface area contributed by atoms with E-state index in [9.17, 15) is 22.4 Å². The number of nitrogens with zero attached hydrogens (tertiary/aromatic N) is 2. The summed E-state index contributed by atoms with van der Waals surface area (Å²) in [6.07, 6.45) is 1.25. The van der Waals surface area contributed by atoms with Crippen molar-refractivity contribution in [2.75, 3.05) is 23.7 Å². The third-order valence-electron chi connectivity index (χ3n) is 5.14. The van der Waals surface area contributed by atoms with Crippen LogP contribution in [0.4, 0.5) is 10.1 Å². The Balaban J connectivity index is 2.46. The zero-order valence-corrected chi connectivity index (χ0v) is 19.7. The molecule has 0 unspecified atom stereocenters. The molecular weight excluding hydrogens is 433 g/mol. The van der Waals surface area contributed by atoms with E-state index in [0.29, 0.717) is 13.0 Å². The molecule has 0 saturated carbocycles. The lowest BCUT2D eigenvalue weighted by molar-refractivity contribution is -0.140. The number of sulfonamides is 1. The number of nitrogens with one attached hydrogen (secondary N) is 1. The van der Waals surface area contributed by atoms with Crippen LogP contribution >= 0.6 is 0 Å². The van der Waals surface area contributed by atoms with Crippen LogP contribution in [0.2, 0.25) is 0 Å². The second-order valence-electron chi connectivity index (χ2n) is 7.49. The first-order valence-electron chi connectivity index (χ1n) is 10.4. The number of para-hydroxylation sites is 1. The zero-order valence-electron chi connectivity index (χ0n) is 18.8. The summed E-state index contributed by atoms with van der Waals surface area (Å²) in [5, 5.41) is 2.73. The molecule has 7 nitrogen and oxygen atoms in total. The van der Waals surface area contributed by atoms with Crippen LogP contribution in [-0.2, 0) is 26.2 Å². The van der Waals surface area contributed by atoms with Crippen LogP contribution in [0, 0.1) is 12.7 Å². The minimum atomic E-state index is -3.97. The van der Waals surface area contributed by atoms with Crippen molar-refractivity contribution >= 4 is 27.5 Å². The number of rotatable bonds is 10. The largest absolute Gasteiger partial charge is 0.355 e. The Morgan fingerprint density at radius 2 is 1.69 bits per heavy atom. The van der Waals surface area contributed by atoms with Crippen LogP contribution < -0.4 is 9.62 Å². The van der Waals surface area contributed by atoms with Gasteiger partial charge in [0.05, 0.1) is 11.9 Å². The van der Waals surface area contributed by atoms with Gasteiger partial charge >= 0.3 is 0 Å². The lowest BCUT2D eigenvalue weighted by atomic mass is 10.1. The molecule has 174 valence electrons. The van der Waals surface area contributed by atoms with E-state index in [1.165, 1.54) is 23.1 Å². The van der Waals surface area contributed by atoms with E-state index in [1.54, 1.807) is 13.8 Å². The van der Waals surface area contributed by atoms with Gasteiger partial charge in [-0.05, 0) is 43.5 Å². The molecule has 0 bridgehead atoms. The molecule has 2 aromatic carbocycles. The van der Waals surface area contributed by atoms with Crippen LogP contribution in [0.3, 0.4) is 0 Å². The SMILES string of the molecule is CCNC(=O)[C@H](CC)N(Cc1ccccc1C)C(=O)CN(c1ccccc1F)S(C)(=O)=O. The number of halogens is 1. The van der Waals surface area contributed by atoms with E-state index in [1.807, 2.05) is 31.2 Å². The fourth-order valence-electron chi connectivity index (χ4n) is 3.43. The maximum Gasteiger partial charge on any atom is 0.244 e. The Morgan fingerprint density at radius 3 is 2.25 bits per heavy atom. The number of amides is 2. The van der Waals surface area contributed by atoms with Crippen LogP contribution in [0.25, 0.3) is 0 Å². The predicted octanol–water partition coefficient (Wildman–Crippen LogP) is 2.84. The summed E-state index contributed by atoms with van der Waals surface area (Å²) in [5.74, 6) is -1.68. The number of hydrogen-bond acceptors (Lipinski definition) is 4. The van der Waals surface area contributed by atoms with Crippen LogP contribution in [0.5, 0.6) is 0 Å². The van der Waals surface area contributed by atoms with E-state index in [-0.39, 0.29) is 18.1 Å². The monoisotopic (exact) mass is 463 g/mol. The van der Waals surface area contributed by atoms with Crippen molar-refractivity contribution in [1.29, 1.82) is 0 Å². The molecule has 2 amide bonds. The summed E-state index contributed by atoms with van der Waals surface area (Å²) < 4.78 is 40.0. The van der Waals surface area contributed by atoms with E-state index in [0.717, 1.165) is 27.8 Å². The van der Waals surface area contributed by atoms with Gasteiger partial charge in [0, 0.05) is 13.1 Å². The highest BCUT2D eigenvalue weighted by Gasteiger charge is 2.32. The Labute approximate surface area is 189 Å². The molecule has 0 saturated heterocycles. The molecule has 9 heteroatoms. The van der Waals surface area contributed by atoms with Gasteiger partial charge in [0.25, 0.3) is 0 Å². The smallest absolute Gasteiger partial charge is 0.244 e. The van der Waals surface area contributed by atoms with Crippen LogP contribution in [0.15, 0.2) is 48.5 Å². The number of likely N-dealkylation sites (N-methyl/N-ethyl adjacent to an activating group) is 1. The first-order valence-corrected chi connectivity index (χ1v) is 12.3. The van der Waals surface area contributed by atoms with Crippen LogP contribution in [0.1, 0.15) is 31.4 Å². The van der Waals surface area contributed by atoms with Crippen molar-refractivity contribution in [3.8, 4) is 0 Å². The summed E-state index contributed by atoms with van der Waals surface area (Å²) in [5.41, 5.74) is 1.55. The van der Waals surface area contributed by atoms with Crippen molar-refractivity contribution in [1.82, 2.24) is 10.2 Å². The number of benzene rings is 2. The highest BCUT2D eigenvalue weighted by molar-refractivity contribution is 7.92. The Hall–Kier alpha value is -2.94. The molecule has 0 heterocycles. The van der Waals surface area contributed by atoms with E-state index in [4.69, 9.17) is 0 Å². The third-order valence-corrected chi connectivity index (χ3v) is 6.27. The molecule has 0 aromatic heterocycles. The molecule has 0 fully saturated rings. The number of aryl methyl sites for hydroxylation is 1. The minimum absolute atomic E-state index is 0.121. The van der Waals surface area contributed by atoms with Crippen LogP contribution in [-0.4, -0.2) is 50.5 Å².